The third kappa shape index (κ3) is 4.79. The van der Waals surface area contributed by atoms with Crippen LogP contribution < -0.4 is 10.2 Å². The van der Waals surface area contributed by atoms with Crippen LogP contribution in [0.2, 0.25) is 0 Å². The summed E-state index contributed by atoms with van der Waals surface area (Å²) in [5, 5.41) is 12.0. The minimum Gasteiger partial charge on any atom is -0.360 e. The van der Waals surface area contributed by atoms with Crippen molar-refractivity contribution >= 4 is 5.82 Å². The summed E-state index contributed by atoms with van der Waals surface area (Å²) in [5.41, 5.74) is 0. The largest absolute Gasteiger partial charge is 0.360 e. The van der Waals surface area contributed by atoms with E-state index in [-0.39, 0.29) is 5.82 Å². The van der Waals surface area contributed by atoms with Crippen LogP contribution in [0.4, 0.5) is 5.82 Å². The summed E-state index contributed by atoms with van der Waals surface area (Å²) in [4.78, 5) is 10.0. The molecule has 0 atom stereocenters. The van der Waals surface area contributed by atoms with Gasteiger partial charge >= 0.3 is 0 Å². The quantitative estimate of drug-likeness (QED) is 0.716. The first kappa shape index (κ1) is 13.4. The summed E-state index contributed by atoms with van der Waals surface area (Å²) < 4.78 is 0. The lowest BCUT2D eigenvalue weighted by atomic mass is 10.3. The van der Waals surface area contributed by atoms with Gasteiger partial charge in [0.15, 0.2) is 0 Å². The first-order chi connectivity index (χ1) is 8.27. The lowest BCUT2D eigenvalue weighted by molar-refractivity contribution is 0.636. The fourth-order valence-corrected chi connectivity index (χ4v) is 1.51. The molecule has 0 aliphatic heterocycles. The molecule has 0 fully saturated rings. The molecule has 1 aromatic rings. The topological polar surface area (TPSA) is 64.8 Å². The molecule has 0 aromatic carbocycles. The predicted octanol–water partition coefficient (Wildman–Crippen LogP) is 1.17. The zero-order valence-corrected chi connectivity index (χ0v) is 10.5. The maximum Gasteiger partial charge on any atom is 0.234 e. The minimum absolute atomic E-state index is 0.224. The van der Waals surface area contributed by atoms with Crippen LogP contribution in [0.5, 0.6) is 0 Å². The van der Waals surface area contributed by atoms with Gasteiger partial charge in [0, 0.05) is 19.8 Å². The molecule has 92 valence electrons. The number of nitriles is 1. The Labute approximate surface area is 102 Å². The number of hydrogen-bond acceptors (Lipinski definition) is 5. The zero-order chi connectivity index (χ0) is 12.5. The predicted molar refractivity (Wildman–Crippen MR) is 67.8 cm³/mol. The van der Waals surface area contributed by atoms with Gasteiger partial charge in [0.2, 0.25) is 5.82 Å². The molecule has 0 radical (unpaired) electrons. The average Bonchev–Trinajstić information content (AvgIpc) is 2.38. The highest BCUT2D eigenvalue weighted by molar-refractivity contribution is 5.37. The van der Waals surface area contributed by atoms with Crippen molar-refractivity contribution in [3.05, 3.63) is 18.1 Å². The summed E-state index contributed by atoms with van der Waals surface area (Å²) in [6, 6.07) is 3.77. The Hall–Kier alpha value is -1.67. The second kappa shape index (κ2) is 7.58. The van der Waals surface area contributed by atoms with Crippen molar-refractivity contribution < 1.29 is 0 Å². The molecule has 1 rings (SSSR count). The molecule has 1 heterocycles. The molecule has 0 bridgehead atoms. The second-order valence-corrected chi connectivity index (χ2v) is 3.83. The summed E-state index contributed by atoms with van der Waals surface area (Å²) in [5.74, 6) is 1.03. The Morgan fingerprint density at radius 3 is 3.00 bits per heavy atom. The molecule has 0 spiro atoms. The molecule has 0 unspecified atom stereocenters. The number of rotatable bonds is 7. The van der Waals surface area contributed by atoms with Gasteiger partial charge in [-0.3, -0.25) is 0 Å². The monoisotopic (exact) mass is 233 g/mol. The maximum absolute atomic E-state index is 8.72. The fourth-order valence-electron chi connectivity index (χ4n) is 1.51. The van der Waals surface area contributed by atoms with Crippen LogP contribution in [-0.2, 0) is 0 Å². The van der Waals surface area contributed by atoms with Crippen LogP contribution in [-0.4, -0.2) is 36.6 Å². The van der Waals surface area contributed by atoms with Crippen molar-refractivity contribution in [2.24, 2.45) is 0 Å². The van der Waals surface area contributed by atoms with Gasteiger partial charge in [0.1, 0.15) is 11.9 Å². The molecule has 0 saturated heterocycles. The van der Waals surface area contributed by atoms with Gasteiger partial charge in [-0.15, -0.1) is 0 Å². The molecule has 0 amide bonds. The van der Waals surface area contributed by atoms with Crippen molar-refractivity contribution in [1.82, 2.24) is 15.3 Å². The number of aromatic nitrogens is 2. The van der Waals surface area contributed by atoms with Crippen molar-refractivity contribution in [3.8, 4) is 6.07 Å². The molecule has 0 saturated carbocycles. The Kier molecular flexibility index (Phi) is 5.97. The second-order valence-electron chi connectivity index (χ2n) is 3.83. The van der Waals surface area contributed by atoms with Crippen LogP contribution in [0.15, 0.2) is 12.3 Å². The van der Waals surface area contributed by atoms with E-state index < -0.39 is 0 Å². The number of unbranched alkanes of at least 4 members (excludes halogenated alkanes) is 1. The highest BCUT2D eigenvalue weighted by Gasteiger charge is 2.03. The molecule has 1 N–H and O–H groups in total. The Bertz CT molecular complexity index is 371. The van der Waals surface area contributed by atoms with E-state index in [2.05, 4.69) is 27.1 Å². The van der Waals surface area contributed by atoms with E-state index in [0.29, 0.717) is 0 Å². The van der Waals surface area contributed by atoms with Gasteiger partial charge in [-0.05, 0) is 32.0 Å². The number of anilines is 1. The van der Waals surface area contributed by atoms with Crippen LogP contribution in [0.3, 0.4) is 0 Å². The van der Waals surface area contributed by atoms with Crippen molar-refractivity contribution in [2.45, 2.75) is 19.8 Å². The molecular formula is C12H19N5. The van der Waals surface area contributed by atoms with E-state index >= 15 is 0 Å². The van der Waals surface area contributed by atoms with E-state index in [1.807, 2.05) is 19.2 Å². The Balaban J connectivity index is 2.36. The minimum atomic E-state index is 0.224. The summed E-state index contributed by atoms with van der Waals surface area (Å²) in [6.45, 7) is 5.12. The number of nitrogens with one attached hydrogen (secondary N) is 1. The normalized spacial score (nSPS) is 9.94. The van der Waals surface area contributed by atoms with Crippen molar-refractivity contribution in [2.75, 3.05) is 31.6 Å². The molecule has 1 aromatic heterocycles. The van der Waals surface area contributed by atoms with Gasteiger partial charge in [0.25, 0.3) is 0 Å². The van der Waals surface area contributed by atoms with Crippen LogP contribution in [0, 0.1) is 11.3 Å². The van der Waals surface area contributed by atoms with Gasteiger partial charge in [0.05, 0.1) is 0 Å². The Morgan fingerprint density at radius 2 is 2.29 bits per heavy atom. The lowest BCUT2D eigenvalue weighted by Crippen LogP contribution is -2.22. The third-order valence-corrected chi connectivity index (χ3v) is 2.48. The molecule has 0 aliphatic rings. The van der Waals surface area contributed by atoms with Gasteiger partial charge in [-0.25, -0.2) is 9.97 Å². The highest BCUT2D eigenvalue weighted by Crippen LogP contribution is 2.08. The smallest absolute Gasteiger partial charge is 0.234 e. The molecule has 0 aliphatic carbocycles. The first-order valence-electron chi connectivity index (χ1n) is 5.93. The fraction of sp³-hybridized carbons (Fsp3) is 0.583. The molecular weight excluding hydrogens is 214 g/mol. The van der Waals surface area contributed by atoms with Crippen LogP contribution >= 0.6 is 0 Å². The lowest BCUT2D eigenvalue weighted by Gasteiger charge is -2.17. The van der Waals surface area contributed by atoms with E-state index in [1.54, 1.807) is 6.20 Å². The third-order valence-electron chi connectivity index (χ3n) is 2.48. The summed E-state index contributed by atoms with van der Waals surface area (Å²) in [7, 11) is 1.98. The standard InChI is InChI=1S/C12H19N5/c1-3-14-7-4-5-9-17(2)12-6-8-15-11(10-13)16-12/h6,8,14H,3-5,7,9H2,1-2H3. The number of nitrogens with zero attached hydrogens (tertiary/aromatic N) is 4. The van der Waals surface area contributed by atoms with E-state index in [4.69, 9.17) is 5.26 Å². The first-order valence-corrected chi connectivity index (χ1v) is 5.93. The van der Waals surface area contributed by atoms with Crippen molar-refractivity contribution in [3.63, 3.8) is 0 Å². The maximum atomic E-state index is 8.72. The van der Waals surface area contributed by atoms with E-state index in [1.165, 1.54) is 0 Å². The SMILES string of the molecule is CCNCCCCN(C)c1ccnc(C#N)n1. The van der Waals surface area contributed by atoms with Gasteiger partial charge in [-0.1, -0.05) is 6.92 Å². The number of hydrogen-bond donors (Lipinski definition) is 1. The Morgan fingerprint density at radius 1 is 1.47 bits per heavy atom. The van der Waals surface area contributed by atoms with Crippen LogP contribution in [0.25, 0.3) is 0 Å². The average molecular weight is 233 g/mol. The molecule has 5 nitrogen and oxygen atoms in total. The van der Waals surface area contributed by atoms with E-state index in [9.17, 15) is 0 Å². The van der Waals surface area contributed by atoms with Crippen LogP contribution in [0.1, 0.15) is 25.6 Å². The van der Waals surface area contributed by atoms with Gasteiger partial charge in [-0.2, -0.15) is 5.26 Å². The zero-order valence-electron chi connectivity index (χ0n) is 10.5. The molecule has 5 heteroatoms. The van der Waals surface area contributed by atoms with E-state index in [0.717, 1.165) is 38.3 Å². The van der Waals surface area contributed by atoms with Crippen molar-refractivity contribution in [1.29, 1.82) is 5.26 Å². The summed E-state index contributed by atoms with van der Waals surface area (Å²) >= 11 is 0. The molecule has 17 heavy (non-hydrogen) atoms. The summed E-state index contributed by atoms with van der Waals surface area (Å²) in [6.07, 6.45) is 3.87. The van der Waals surface area contributed by atoms with Gasteiger partial charge < -0.3 is 10.2 Å². The highest BCUT2D eigenvalue weighted by atomic mass is 15.2.